The number of hydrogen-bond acceptors (Lipinski definition) is 5. The van der Waals surface area contributed by atoms with Crippen molar-refractivity contribution in [1.82, 2.24) is 4.98 Å². The third-order valence-corrected chi connectivity index (χ3v) is 3.13. The number of rotatable bonds is 4. The van der Waals surface area contributed by atoms with Crippen molar-refractivity contribution in [2.75, 3.05) is 11.9 Å². The Kier molecular flexibility index (Phi) is 3.76. The first-order valence-electron chi connectivity index (χ1n) is 5.28. The first-order chi connectivity index (χ1) is 9.10. The third kappa shape index (κ3) is 3.08. The minimum absolute atomic E-state index is 0.111. The van der Waals surface area contributed by atoms with Crippen molar-refractivity contribution in [3.05, 3.63) is 36.4 Å². The van der Waals surface area contributed by atoms with E-state index < -0.39 is 12.1 Å². The molecule has 0 aliphatic carbocycles. The van der Waals surface area contributed by atoms with Crippen LogP contribution in [-0.2, 0) is 4.74 Å². The molecule has 0 atom stereocenters. The monoisotopic (exact) mass is 278 g/mol. The normalized spacial score (nSPS) is 10.1. The summed E-state index contributed by atoms with van der Waals surface area (Å²) in [4.78, 5) is 26.3. The van der Waals surface area contributed by atoms with Crippen molar-refractivity contribution in [1.29, 1.82) is 0 Å². The summed E-state index contributed by atoms with van der Waals surface area (Å²) < 4.78 is 5.54. The number of ether oxygens (including phenoxy) is 1. The Balaban J connectivity index is 2.19. The molecule has 19 heavy (non-hydrogen) atoms. The maximum atomic E-state index is 11.3. The number of aromatic carboxylic acids is 1. The molecule has 0 saturated heterocycles. The van der Waals surface area contributed by atoms with Gasteiger partial charge in [-0.2, -0.15) is 0 Å². The van der Waals surface area contributed by atoms with Gasteiger partial charge in [0.05, 0.1) is 15.8 Å². The smallest absolute Gasteiger partial charge is 0.413 e. The molecule has 1 aromatic carbocycles. The van der Waals surface area contributed by atoms with Gasteiger partial charge in [-0.15, -0.1) is 0 Å². The Morgan fingerprint density at radius 3 is 3.00 bits per heavy atom. The second-order valence-corrected chi connectivity index (χ2v) is 4.55. The minimum Gasteiger partial charge on any atom is -0.478 e. The average molecular weight is 278 g/mol. The van der Waals surface area contributed by atoms with Crippen molar-refractivity contribution in [3.63, 3.8) is 0 Å². The number of carboxylic acids is 1. The number of hydrogen-bond donors (Lipinski definition) is 2. The van der Waals surface area contributed by atoms with Crippen LogP contribution in [0.15, 0.2) is 30.9 Å². The largest absolute Gasteiger partial charge is 0.478 e. The van der Waals surface area contributed by atoms with Crippen LogP contribution >= 0.6 is 11.3 Å². The van der Waals surface area contributed by atoms with Gasteiger partial charge in [-0.05, 0) is 18.2 Å². The summed E-state index contributed by atoms with van der Waals surface area (Å²) in [5.74, 6) is -1.02. The van der Waals surface area contributed by atoms with Crippen LogP contribution in [-0.4, -0.2) is 28.8 Å². The quantitative estimate of drug-likeness (QED) is 0.839. The highest BCUT2D eigenvalue weighted by Crippen LogP contribution is 2.26. The number of aromatic nitrogens is 1. The van der Waals surface area contributed by atoms with Crippen LogP contribution in [0.4, 0.5) is 9.93 Å². The lowest BCUT2D eigenvalue weighted by molar-refractivity contribution is 0.0697. The van der Waals surface area contributed by atoms with E-state index in [9.17, 15) is 9.59 Å². The van der Waals surface area contributed by atoms with E-state index in [4.69, 9.17) is 9.84 Å². The fraction of sp³-hybridized carbons (Fsp3) is 0.0833. The van der Waals surface area contributed by atoms with Crippen molar-refractivity contribution < 1.29 is 19.4 Å². The van der Waals surface area contributed by atoms with Crippen LogP contribution in [0.5, 0.6) is 0 Å². The van der Waals surface area contributed by atoms with Crippen LogP contribution in [0, 0.1) is 0 Å². The number of nitrogens with zero attached hydrogens (tertiary/aromatic N) is 1. The lowest BCUT2D eigenvalue weighted by Crippen LogP contribution is -2.13. The molecule has 1 amide bonds. The maximum absolute atomic E-state index is 11.3. The van der Waals surface area contributed by atoms with Gasteiger partial charge in [0, 0.05) is 0 Å². The summed E-state index contributed by atoms with van der Waals surface area (Å²) >= 11 is 1.24. The molecule has 7 heteroatoms. The third-order valence-electron chi connectivity index (χ3n) is 2.18. The average Bonchev–Trinajstić information content (AvgIpc) is 2.77. The van der Waals surface area contributed by atoms with Gasteiger partial charge in [0.25, 0.3) is 0 Å². The van der Waals surface area contributed by atoms with Crippen LogP contribution in [0.3, 0.4) is 0 Å². The van der Waals surface area contributed by atoms with Crippen LogP contribution in [0.25, 0.3) is 10.2 Å². The molecule has 0 radical (unpaired) electrons. The molecule has 0 saturated carbocycles. The van der Waals surface area contributed by atoms with Gasteiger partial charge in [0.15, 0.2) is 5.13 Å². The molecule has 2 rings (SSSR count). The van der Waals surface area contributed by atoms with Crippen molar-refractivity contribution in [3.8, 4) is 0 Å². The second kappa shape index (κ2) is 5.49. The molecule has 1 aromatic heterocycles. The zero-order chi connectivity index (χ0) is 13.8. The van der Waals surface area contributed by atoms with Gasteiger partial charge in [-0.25, -0.2) is 14.6 Å². The van der Waals surface area contributed by atoms with Gasteiger partial charge in [-0.1, -0.05) is 24.0 Å². The van der Waals surface area contributed by atoms with E-state index in [-0.39, 0.29) is 12.2 Å². The van der Waals surface area contributed by atoms with Crippen LogP contribution < -0.4 is 5.32 Å². The van der Waals surface area contributed by atoms with Gasteiger partial charge in [-0.3, -0.25) is 5.32 Å². The molecule has 0 aliphatic rings. The topological polar surface area (TPSA) is 88.5 Å². The highest BCUT2D eigenvalue weighted by atomic mass is 32.1. The van der Waals surface area contributed by atoms with E-state index in [0.29, 0.717) is 10.6 Å². The van der Waals surface area contributed by atoms with Crippen LogP contribution in [0.1, 0.15) is 10.4 Å². The van der Waals surface area contributed by atoms with Gasteiger partial charge in [0.1, 0.15) is 6.61 Å². The number of anilines is 1. The SMILES string of the molecule is C=CCOC(=O)Nc1nc2cc(C(=O)O)ccc2s1. The summed E-state index contributed by atoms with van der Waals surface area (Å²) in [6, 6.07) is 4.59. The first-order valence-corrected chi connectivity index (χ1v) is 6.10. The molecule has 0 unspecified atom stereocenters. The predicted molar refractivity (Wildman–Crippen MR) is 71.7 cm³/mol. The van der Waals surface area contributed by atoms with Crippen molar-refractivity contribution >= 4 is 38.7 Å². The maximum Gasteiger partial charge on any atom is 0.413 e. The van der Waals surface area contributed by atoms with E-state index in [2.05, 4.69) is 16.9 Å². The number of thiazole rings is 1. The summed E-state index contributed by atoms with van der Waals surface area (Å²) in [6.07, 6.45) is 0.828. The summed E-state index contributed by atoms with van der Waals surface area (Å²) in [5.41, 5.74) is 0.669. The Morgan fingerprint density at radius 1 is 1.53 bits per heavy atom. The summed E-state index contributed by atoms with van der Waals surface area (Å²) in [7, 11) is 0. The Labute approximate surface area is 112 Å². The Hall–Kier alpha value is -2.41. The summed E-state index contributed by atoms with van der Waals surface area (Å²) in [6.45, 7) is 3.54. The standard InChI is InChI=1S/C12H10N2O4S/c1-2-5-18-12(17)14-11-13-8-6-7(10(15)16)3-4-9(8)19-11/h2-4,6H,1,5H2,(H,15,16)(H,13,14,17). The Bertz CT molecular complexity index is 650. The molecule has 0 spiro atoms. The van der Waals surface area contributed by atoms with E-state index in [1.165, 1.54) is 29.5 Å². The lowest BCUT2D eigenvalue weighted by atomic mass is 10.2. The van der Waals surface area contributed by atoms with E-state index in [1.807, 2.05) is 0 Å². The molecular weight excluding hydrogens is 268 g/mol. The number of carboxylic acid groups (broad SMARTS) is 1. The van der Waals surface area contributed by atoms with Gasteiger partial charge in [0.2, 0.25) is 0 Å². The summed E-state index contributed by atoms with van der Waals surface area (Å²) in [5, 5.41) is 11.7. The molecule has 0 fully saturated rings. The van der Waals surface area contributed by atoms with Gasteiger partial charge >= 0.3 is 12.1 Å². The number of amides is 1. The molecule has 98 valence electrons. The fourth-order valence-electron chi connectivity index (χ4n) is 1.37. The second-order valence-electron chi connectivity index (χ2n) is 3.52. The van der Waals surface area contributed by atoms with Gasteiger partial charge < -0.3 is 9.84 Å². The van der Waals surface area contributed by atoms with Crippen molar-refractivity contribution in [2.45, 2.75) is 0 Å². The van der Waals surface area contributed by atoms with E-state index in [1.54, 1.807) is 6.07 Å². The van der Waals surface area contributed by atoms with Crippen molar-refractivity contribution in [2.24, 2.45) is 0 Å². The predicted octanol–water partition coefficient (Wildman–Crippen LogP) is 2.73. The molecule has 6 nitrogen and oxygen atoms in total. The molecule has 2 aromatic rings. The number of carbonyl (C=O) groups is 2. The zero-order valence-corrected chi connectivity index (χ0v) is 10.6. The fourth-order valence-corrected chi connectivity index (χ4v) is 2.20. The van der Waals surface area contributed by atoms with E-state index >= 15 is 0 Å². The molecule has 1 heterocycles. The first kappa shape index (κ1) is 13.0. The number of fused-ring (bicyclic) bond motifs is 1. The van der Waals surface area contributed by atoms with Crippen LogP contribution in [0.2, 0.25) is 0 Å². The van der Waals surface area contributed by atoms with E-state index in [0.717, 1.165) is 4.70 Å². The molecular formula is C12H10N2O4S. The lowest BCUT2D eigenvalue weighted by Gasteiger charge is -2.00. The highest BCUT2D eigenvalue weighted by Gasteiger charge is 2.10. The minimum atomic E-state index is -1.02. The molecule has 2 N–H and O–H groups in total. The Morgan fingerprint density at radius 2 is 2.32 bits per heavy atom. The zero-order valence-electron chi connectivity index (χ0n) is 9.75. The highest BCUT2D eigenvalue weighted by molar-refractivity contribution is 7.22. The molecule has 0 aliphatic heterocycles. The number of nitrogens with one attached hydrogen (secondary N) is 1. The number of carbonyl (C=O) groups excluding carboxylic acids is 1. The molecule has 0 bridgehead atoms. The number of benzene rings is 1.